The molecule has 0 spiro atoms. The van der Waals surface area contributed by atoms with Gasteiger partial charge in [0.1, 0.15) is 17.6 Å². The summed E-state index contributed by atoms with van der Waals surface area (Å²) in [6, 6.07) is 13.3. The van der Waals surface area contributed by atoms with Crippen LogP contribution in [0.4, 0.5) is 0 Å². The summed E-state index contributed by atoms with van der Waals surface area (Å²) in [6.45, 7) is 3.83. The standard InChI is InChI=1S/C20H18N4O2/c1-12-7-16-17(8-13(12)2)24-20(23-16)15(10-21)9-14-5-3-4-6-18(14)26-11-19(22)25/h3-9H,11H2,1-2H3,(H2,22,25)(H,23,24)/b15-9+. The molecular formula is C20H18N4O2. The van der Waals surface area contributed by atoms with Crippen molar-refractivity contribution in [1.29, 1.82) is 5.26 Å². The van der Waals surface area contributed by atoms with E-state index in [0.717, 1.165) is 22.2 Å². The highest BCUT2D eigenvalue weighted by atomic mass is 16.5. The number of H-pyrrole nitrogens is 1. The lowest BCUT2D eigenvalue weighted by atomic mass is 10.1. The second-order valence-electron chi connectivity index (χ2n) is 6.00. The lowest BCUT2D eigenvalue weighted by Crippen LogP contribution is -2.20. The van der Waals surface area contributed by atoms with Gasteiger partial charge in [-0.15, -0.1) is 0 Å². The Morgan fingerprint density at radius 3 is 2.77 bits per heavy atom. The second-order valence-corrected chi connectivity index (χ2v) is 6.00. The van der Waals surface area contributed by atoms with Gasteiger partial charge in [-0.05, 0) is 49.2 Å². The van der Waals surface area contributed by atoms with Gasteiger partial charge in [-0.1, -0.05) is 18.2 Å². The van der Waals surface area contributed by atoms with E-state index >= 15 is 0 Å². The molecule has 1 aromatic heterocycles. The topological polar surface area (TPSA) is 105 Å². The number of aromatic amines is 1. The molecule has 0 atom stereocenters. The number of allylic oxidation sites excluding steroid dienone is 1. The van der Waals surface area contributed by atoms with Crippen LogP contribution in [0.25, 0.3) is 22.7 Å². The maximum atomic E-state index is 11.0. The third-order valence-corrected chi connectivity index (χ3v) is 4.06. The number of fused-ring (bicyclic) bond motifs is 1. The minimum atomic E-state index is -0.563. The minimum Gasteiger partial charge on any atom is -0.483 e. The first-order valence-corrected chi connectivity index (χ1v) is 8.07. The van der Waals surface area contributed by atoms with Gasteiger partial charge in [-0.25, -0.2) is 4.98 Å². The molecule has 6 nitrogen and oxygen atoms in total. The molecule has 0 fully saturated rings. The van der Waals surface area contributed by atoms with Gasteiger partial charge in [0, 0.05) is 5.56 Å². The third kappa shape index (κ3) is 3.57. The van der Waals surface area contributed by atoms with Crippen LogP contribution in [0.3, 0.4) is 0 Å². The van der Waals surface area contributed by atoms with Crippen LogP contribution in [0, 0.1) is 25.2 Å². The third-order valence-electron chi connectivity index (χ3n) is 4.06. The van der Waals surface area contributed by atoms with Crippen LogP contribution in [0.1, 0.15) is 22.5 Å². The Kier molecular flexibility index (Phi) is 4.72. The SMILES string of the molecule is Cc1cc2nc(/C(C#N)=C/c3ccccc3OCC(N)=O)[nH]c2cc1C. The van der Waals surface area contributed by atoms with E-state index in [2.05, 4.69) is 16.0 Å². The van der Waals surface area contributed by atoms with Gasteiger partial charge in [0.15, 0.2) is 6.61 Å². The fourth-order valence-electron chi connectivity index (χ4n) is 2.59. The van der Waals surface area contributed by atoms with Crippen molar-refractivity contribution < 1.29 is 9.53 Å². The van der Waals surface area contributed by atoms with Crippen LogP contribution in [0.5, 0.6) is 5.75 Å². The molecular weight excluding hydrogens is 328 g/mol. The highest BCUT2D eigenvalue weighted by Gasteiger charge is 2.11. The number of primary amides is 1. The molecule has 0 aliphatic carbocycles. The summed E-state index contributed by atoms with van der Waals surface area (Å²) >= 11 is 0. The van der Waals surface area contributed by atoms with Crippen molar-refractivity contribution >= 4 is 28.6 Å². The maximum Gasteiger partial charge on any atom is 0.255 e. The van der Waals surface area contributed by atoms with E-state index in [4.69, 9.17) is 10.5 Å². The van der Waals surface area contributed by atoms with Crippen LogP contribution >= 0.6 is 0 Å². The molecule has 0 bridgehead atoms. The van der Waals surface area contributed by atoms with Crippen molar-refractivity contribution in [1.82, 2.24) is 9.97 Å². The van der Waals surface area contributed by atoms with Gasteiger partial charge in [-0.2, -0.15) is 5.26 Å². The zero-order valence-corrected chi connectivity index (χ0v) is 14.5. The van der Waals surface area contributed by atoms with Gasteiger partial charge < -0.3 is 15.5 Å². The number of benzene rings is 2. The van der Waals surface area contributed by atoms with Gasteiger partial charge in [-0.3, -0.25) is 4.79 Å². The van der Waals surface area contributed by atoms with Crippen molar-refractivity contribution in [2.24, 2.45) is 5.73 Å². The quantitative estimate of drug-likeness (QED) is 0.692. The first kappa shape index (κ1) is 17.2. The van der Waals surface area contributed by atoms with Gasteiger partial charge in [0.05, 0.1) is 16.6 Å². The number of carbonyl (C=O) groups is 1. The monoisotopic (exact) mass is 346 g/mol. The van der Waals surface area contributed by atoms with Crippen LogP contribution in [0.15, 0.2) is 36.4 Å². The number of hydrogen-bond donors (Lipinski definition) is 2. The number of nitrogens with one attached hydrogen (secondary N) is 1. The van der Waals surface area contributed by atoms with Crippen LogP contribution in [-0.2, 0) is 4.79 Å². The molecule has 3 rings (SSSR count). The zero-order valence-electron chi connectivity index (χ0n) is 14.5. The molecule has 0 saturated heterocycles. The van der Waals surface area contributed by atoms with Crippen molar-refractivity contribution in [3.05, 3.63) is 58.9 Å². The van der Waals surface area contributed by atoms with E-state index in [1.54, 1.807) is 24.3 Å². The van der Waals surface area contributed by atoms with E-state index < -0.39 is 5.91 Å². The highest BCUT2D eigenvalue weighted by Crippen LogP contribution is 2.25. The molecule has 6 heteroatoms. The number of ether oxygens (including phenoxy) is 1. The smallest absolute Gasteiger partial charge is 0.255 e. The fraction of sp³-hybridized carbons (Fsp3) is 0.150. The minimum absolute atomic E-state index is 0.226. The van der Waals surface area contributed by atoms with E-state index in [1.807, 2.05) is 32.0 Å². The Morgan fingerprint density at radius 1 is 1.31 bits per heavy atom. The number of nitrogens with two attached hydrogens (primary N) is 1. The lowest BCUT2D eigenvalue weighted by Gasteiger charge is -2.07. The molecule has 130 valence electrons. The summed E-state index contributed by atoms with van der Waals surface area (Å²) in [5.74, 6) is 0.395. The highest BCUT2D eigenvalue weighted by molar-refractivity contribution is 5.91. The molecule has 0 unspecified atom stereocenters. The maximum absolute atomic E-state index is 11.0. The van der Waals surface area contributed by atoms with Crippen molar-refractivity contribution in [2.75, 3.05) is 6.61 Å². The van der Waals surface area contributed by atoms with Crippen molar-refractivity contribution in [3.63, 3.8) is 0 Å². The Bertz CT molecular complexity index is 1020. The predicted octanol–water partition coefficient (Wildman–Crippen LogP) is 3.11. The van der Waals surface area contributed by atoms with Crippen LogP contribution < -0.4 is 10.5 Å². The summed E-state index contributed by atoms with van der Waals surface area (Å²) < 4.78 is 5.41. The van der Waals surface area contributed by atoms with Crippen molar-refractivity contribution in [2.45, 2.75) is 13.8 Å². The van der Waals surface area contributed by atoms with Crippen LogP contribution in [-0.4, -0.2) is 22.5 Å². The average molecular weight is 346 g/mol. The molecule has 0 aliphatic rings. The van der Waals surface area contributed by atoms with E-state index in [0.29, 0.717) is 22.7 Å². The average Bonchev–Trinajstić information content (AvgIpc) is 3.01. The summed E-state index contributed by atoms with van der Waals surface area (Å²) in [4.78, 5) is 18.7. The number of hydrogen-bond acceptors (Lipinski definition) is 4. The number of amides is 1. The molecule has 3 N–H and O–H groups in total. The molecule has 1 heterocycles. The number of nitrogens with zero attached hydrogens (tertiary/aromatic N) is 2. The molecule has 0 radical (unpaired) electrons. The summed E-state index contributed by atoms with van der Waals surface area (Å²) in [5, 5.41) is 9.59. The van der Waals surface area contributed by atoms with E-state index in [1.165, 1.54) is 0 Å². The number of aryl methyl sites for hydroxylation is 2. The molecule has 1 amide bonds. The second kappa shape index (κ2) is 7.11. The fourth-order valence-corrected chi connectivity index (χ4v) is 2.59. The van der Waals surface area contributed by atoms with Crippen molar-refractivity contribution in [3.8, 4) is 11.8 Å². The molecule has 0 aliphatic heterocycles. The Hall–Kier alpha value is -3.59. The number of para-hydroxylation sites is 1. The van der Waals surface area contributed by atoms with Gasteiger partial charge in [0.25, 0.3) is 5.91 Å². The van der Waals surface area contributed by atoms with Crippen LogP contribution in [0.2, 0.25) is 0 Å². The number of imidazole rings is 1. The molecule has 0 saturated carbocycles. The van der Waals surface area contributed by atoms with E-state index in [9.17, 15) is 10.1 Å². The Morgan fingerprint density at radius 2 is 2.04 bits per heavy atom. The van der Waals surface area contributed by atoms with E-state index in [-0.39, 0.29) is 6.61 Å². The zero-order chi connectivity index (χ0) is 18.7. The first-order valence-electron chi connectivity index (χ1n) is 8.07. The predicted molar refractivity (Wildman–Crippen MR) is 100 cm³/mol. The Balaban J connectivity index is 2.02. The van der Waals surface area contributed by atoms with Gasteiger partial charge >= 0.3 is 0 Å². The first-order chi connectivity index (χ1) is 12.5. The normalized spacial score (nSPS) is 11.3. The largest absolute Gasteiger partial charge is 0.483 e. The summed E-state index contributed by atoms with van der Waals surface area (Å²) in [7, 11) is 0. The molecule has 2 aromatic carbocycles. The summed E-state index contributed by atoms with van der Waals surface area (Å²) in [6.07, 6.45) is 1.67. The summed E-state index contributed by atoms with van der Waals surface area (Å²) in [5.41, 5.74) is 10.1. The molecule has 26 heavy (non-hydrogen) atoms. The number of carbonyl (C=O) groups excluding carboxylic acids is 1. The Labute approximate surface area is 150 Å². The lowest BCUT2D eigenvalue weighted by molar-refractivity contribution is -0.119. The number of nitriles is 1. The van der Waals surface area contributed by atoms with Gasteiger partial charge in [0.2, 0.25) is 0 Å². The number of aromatic nitrogens is 2. The molecule has 3 aromatic rings. The number of rotatable bonds is 5.